The Bertz CT molecular complexity index is 808. The third-order valence-corrected chi connectivity index (χ3v) is 6.17. The number of benzene rings is 2. The van der Waals surface area contributed by atoms with E-state index in [-0.39, 0.29) is 18.8 Å². The number of hydrogen-bond donors (Lipinski definition) is 1. The molecule has 0 aromatic heterocycles. The zero-order valence-corrected chi connectivity index (χ0v) is 17.2. The van der Waals surface area contributed by atoms with E-state index in [2.05, 4.69) is 19.1 Å². The van der Waals surface area contributed by atoms with Gasteiger partial charge in [-0.1, -0.05) is 43.3 Å². The molecule has 2 aromatic rings. The fourth-order valence-electron chi connectivity index (χ4n) is 3.97. The normalized spacial score (nSPS) is 26.4. The smallest absolute Gasteiger partial charge is 0.161 e. The van der Waals surface area contributed by atoms with Crippen LogP contribution in [0.1, 0.15) is 36.8 Å². The molecule has 1 saturated heterocycles. The van der Waals surface area contributed by atoms with Crippen molar-refractivity contribution in [3.63, 3.8) is 0 Å². The van der Waals surface area contributed by atoms with Crippen molar-refractivity contribution in [2.24, 2.45) is 11.3 Å². The minimum atomic E-state index is -0.489. The van der Waals surface area contributed by atoms with Gasteiger partial charge in [-0.3, -0.25) is 0 Å². The largest absolute Gasteiger partial charge is 0.493 e. The molecule has 0 amide bonds. The van der Waals surface area contributed by atoms with E-state index in [0.29, 0.717) is 19.1 Å². The van der Waals surface area contributed by atoms with E-state index in [0.717, 1.165) is 29.2 Å². The number of aliphatic hydroxyl groups is 1. The Balaban J connectivity index is 1.50. The number of methoxy groups -OCH3 is 1. The quantitative estimate of drug-likeness (QED) is 0.702. The first-order valence-electron chi connectivity index (χ1n) is 10.4. The van der Waals surface area contributed by atoms with Crippen molar-refractivity contribution in [2.45, 2.75) is 38.5 Å². The summed E-state index contributed by atoms with van der Waals surface area (Å²) in [7, 11) is 1.66. The minimum absolute atomic E-state index is 0.00488. The molecule has 1 heterocycles. The molecule has 3 unspecified atom stereocenters. The topological polar surface area (TPSA) is 62.0 Å². The van der Waals surface area contributed by atoms with Gasteiger partial charge in [0.2, 0.25) is 0 Å². The van der Waals surface area contributed by atoms with Gasteiger partial charge in [0.15, 0.2) is 11.5 Å². The summed E-state index contributed by atoms with van der Waals surface area (Å²) in [6, 6.07) is 16.1. The van der Waals surface area contributed by atoms with Gasteiger partial charge in [0.05, 0.1) is 26.9 Å². The van der Waals surface area contributed by atoms with Crippen LogP contribution < -0.4 is 14.8 Å². The maximum absolute atomic E-state index is 10.3. The number of aliphatic hydroxyl groups excluding tert-OH is 1. The predicted molar refractivity (Wildman–Crippen MR) is 111 cm³/mol. The summed E-state index contributed by atoms with van der Waals surface area (Å²) in [5, 5.41) is 15.0. The van der Waals surface area contributed by atoms with Gasteiger partial charge < -0.3 is 19.3 Å². The molecular weight excluding hydrogens is 366 g/mol. The van der Waals surface area contributed by atoms with Crippen LogP contribution in [0.2, 0.25) is 0 Å². The predicted octanol–water partition coefficient (Wildman–Crippen LogP) is 3.73. The van der Waals surface area contributed by atoms with E-state index >= 15 is 0 Å². The molecule has 4 rings (SSSR count). The van der Waals surface area contributed by atoms with E-state index < -0.39 is 5.41 Å². The first kappa shape index (κ1) is 20.2. The van der Waals surface area contributed by atoms with Gasteiger partial charge in [-0.2, -0.15) is 0 Å². The van der Waals surface area contributed by atoms with Gasteiger partial charge in [0.25, 0.3) is 0 Å². The summed E-state index contributed by atoms with van der Waals surface area (Å²) in [4.78, 5) is 0. The van der Waals surface area contributed by atoms with E-state index in [1.807, 2.05) is 36.4 Å². The fourth-order valence-corrected chi connectivity index (χ4v) is 3.97. The number of hydrogen-bond acceptors (Lipinski definition) is 4. The third-order valence-electron chi connectivity index (χ3n) is 6.17. The summed E-state index contributed by atoms with van der Waals surface area (Å²) < 4.78 is 17.6. The molecule has 5 nitrogen and oxygen atoms in total. The highest BCUT2D eigenvalue weighted by Crippen LogP contribution is 2.46. The van der Waals surface area contributed by atoms with Gasteiger partial charge in [-0.05, 0) is 42.0 Å². The molecule has 2 aliphatic rings. The van der Waals surface area contributed by atoms with Crippen LogP contribution in [0.15, 0.2) is 48.5 Å². The molecule has 0 bridgehead atoms. The zero-order valence-electron chi connectivity index (χ0n) is 17.2. The molecular formula is C24H30NO4. The van der Waals surface area contributed by atoms with Crippen molar-refractivity contribution < 1.29 is 19.3 Å². The van der Waals surface area contributed by atoms with Crippen LogP contribution in [0.3, 0.4) is 0 Å². The van der Waals surface area contributed by atoms with Gasteiger partial charge >= 0.3 is 0 Å². The summed E-state index contributed by atoms with van der Waals surface area (Å²) in [6.07, 6.45) is 2.13. The first-order valence-corrected chi connectivity index (χ1v) is 10.4. The van der Waals surface area contributed by atoms with Crippen LogP contribution in [0, 0.1) is 11.3 Å². The highest BCUT2D eigenvalue weighted by molar-refractivity contribution is 5.45. The summed E-state index contributed by atoms with van der Waals surface area (Å²) in [6.45, 7) is 3.89. The van der Waals surface area contributed by atoms with Crippen molar-refractivity contribution in [1.29, 1.82) is 0 Å². The van der Waals surface area contributed by atoms with Gasteiger partial charge in [0, 0.05) is 17.9 Å². The Morgan fingerprint density at radius 1 is 1.10 bits per heavy atom. The minimum Gasteiger partial charge on any atom is -0.493 e. The van der Waals surface area contributed by atoms with E-state index in [4.69, 9.17) is 19.5 Å². The first-order chi connectivity index (χ1) is 14.1. The molecule has 2 fully saturated rings. The lowest BCUT2D eigenvalue weighted by Crippen LogP contribution is -2.39. The van der Waals surface area contributed by atoms with Gasteiger partial charge in [-0.15, -0.1) is 0 Å². The number of rotatable bonds is 9. The maximum Gasteiger partial charge on any atom is 0.161 e. The van der Waals surface area contributed by atoms with Crippen LogP contribution in [-0.2, 0) is 11.3 Å². The third kappa shape index (κ3) is 4.42. The Hall–Kier alpha value is -2.08. The van der Waals surface area contributed by atoms with Crippen molar-refractivity contribution >= 4 is 0 Å². The summed E-state index contributed by atoms with van der Waals surface area (Å²) in [5.74, 6) is 2.24. The second kappa shape index (κ2) is 8.74. The van der Waals surface area contributed by atoms with Crippen LogP contribution in [0.5, 0.6) is 11.5 Å². The van der Waals surface area contributed by atoms with Crippen molar-refractivity contribution in [1.82, 2.24) is 5.32 Å². The van der Waals surface area contributed by atoms with Crippen molar-refractivity contribution in [2.75, 3.05) is 26.9 Å². The highest BCUT2D eigenvalue weighted by atomic mass is 16.5. The molecule has 29 heavy (non-hydrogen) atoms. The van der Waals surface area contributed by atoms with Crippen LogP contribution in [0.25, 0.3) is 0 Å². The second-order valence-electron chi connectivity index (χ2n) is 8.40. The Morgan fingerprint density at radius 3 is 2.59 bits per heavy atom. The van der Waals surface area contributed by atoms with E-state index in [1.54, 1.807) is 7.11 Å². The lowest BCUT2D eigenvalue weighted by atomic mass is 9.75. The fraction of sp³-hybridized carbons (Fsp3) is 0.500. The van der Waals surface area contributed by atoms with Crippen molar-refractivity contribution in [3.8, 4) is 11.5 Å². The maximum atomic E-state index is 10.3. The molecule has 1 aliphatic carbocycles. The molecule has 155 valence electrons. The average Bonchev–Trinajstić information content (AvgIpc) is 3.53. The standard InChI is InChI=1S/C24H30NO4/c1-24(16-26)20(13-25-23(24)29-15-17-6-4-3-5-7-17)19-10-11-21(27-2)22(12-19)28-14-18-8-9-18/h3-7,10-12,18,20,23,26H,8-9,13-16H2,1-2H3. The van der Waals surface area contributed by atoms with Gasteiger partial charge in [0.1, 0.15) is 6.23 Å². The Morgan fingerprint density at radius 2 is 1.90 bits per heavy atom. The molecule has 5 heteroatoms. The summed E-state index contributed by atoms with van der Waals surface area (Å²) in [5.41, 5.74) is 1.71. The zero-order chi connectivity index (χ0) is 20.3. The highest BCUT2D eigenvalue weighted by Gasteiger charge is 2.49. The van der Waals surface area contributed by atoms with Gasteiger partial charge in [-0.25, -0.2) is 5.32 Å². The number of nitrogens with zero attached hydrogens (tertiary/aromatic N) is 1. The molecule has 0 spiro atoms. The summed E-state index contributed by atoms with van der Waals surface area (Å²) >= 11 is 0. The molecule has 1 aliphatic heterocycles. The Labute approximate surface area is 173 Å². The Kier molecular flexibility index (Phi) is 6.09. The second-order valence-corrected chi connectivity index (χ2v) is 8.40. The average molecular weight is 397 g/mol. The number of ether oxygens (including phenoxy) is 3. The van der Waals surface area contributed by atoms with Crippen LogP contribution in [0.4, 0.5) is 0 Å². The lowest BCUT2D eigenvalue weighted by Gasteiger charge is -2.34. The van der Waals surface area contributed by atoms with Crippen LogP contribution >= 0.6 is 0 Å². The lowest BCUT2D eigenvalue weighted by molar-refractivity contribution is -0.0644. The van der Waals surface area contributed by atoms with E-state index in [9.17, 15) is 5.11 Å². The molecule has 2 aromatic carbocycles. The molecule has 1 radical (unpaired) electrons. The van der Waals surface area contributed by atoms with E-state index in [1.165, 1.54) is 12.8 Å². The molecule has 1 N–H and O–H groups in total. The SMILES string of the molecule is COc1ccc(C2C[N]C(OCc3ccccc3)C2(C)CO)cc1OCC1CC1. The van der Waals surface area contributed by atoms with Crippen molar-refractivity contribution in [3.05, 3.63) is 59.7 Å². The van der Waals surface area contributed by atoms with Crippen LogP contribution in [-0.4, -0.2) is 38.2 Å². The molecule has 3 atom stereocenters. The monoisotopic (exact) mass is 396 g/mol. The molecule has 1 saturated carbocycles.